The highest BCUT2D eigenvalue weighted by Gasteiger charge is 2.36. The maximum absolute atomic E-state index is 13.3. The number of benzene rings is 1. The fourth-order valence-electron chi connectivity index (χ4n) is 2.75. The first kappa shape index (κ1) is 26.7. The largest absolute Gasteiger partial charge is 0.453 e. The summed E-state index contributed by atoms with van der Waals surface area (Å²) in [4.78, 5) is 9.73. The van der Waals surface area contributed by atoms with Crippen LogP contribution in [0, 0.1) is 17.1 Å². The van der Waals surface area contributed by atoms with Crippen LogP contribution < -0.4 is 10.1 Å². The van der Waals surface area contributed by atoms with Gasteiger partial charge in [0, 0.05) is 29.6 Å². The van der Waals surface area contributed by atoms with E-state index in [0.29, 0.717) is 28.7 Å². The van der Waals surface area contributed by atoms with Crippen molar-refractivity contribution in [1.29, 1.82) is 5.26 Å². The van der Waals surface area contributed by atoms with Crippen LogP contribution in [0.3, 0.4) is 0 Å². The number of hydrogen-bond donors (Lipinski definition) is 1. The SMILES string of the molecule is CC(C)(C)[Si](C)(C)OCCCSc1cnc(Nc2ccc(C#N)cn2)c(Oc2ccc(F)cc2)c1. The maximum atomic E-state index is 13.3. The summed E-state index contributed by atoms with van der Waals surface area (Å²) >= 11 is 1.68. The Kier molecular flexibility index (Phi) is 8.89. The van der Waals surface area contributed by atoms with Crippen molar-refractivity contribution in [3.63, 3.8) is 0 Å². The summed E-state index contributed by atoms with van der Waals surface area (Å²) in [5.74, 6) is 2.54. The van der Waals surface area contributed by atoms with Crippen LogP contribution in [0.1, 0.15) is 32.8 Å². The quantitative estimate of drug-likeness (QED) is 0.171. The third-order valence-corrected chi connectivity index (χ3v) is 11.4. The molecule has 0 saturated heterocycles. The van der Waals surface area contributed by atoms with Crippen molar-refractivity contribution in [3.05, 3.63) is 66.2 Å². The molecule has 2 aromatic heterocycles. The number of hydrogen-bond acceptors (Lipinski definition) is 7. The van der Waals surface area contributed by atoms with Gasteiger partial charge in [-0.3, -0.25) is 0 Å². The van der Waals surface area contributed by atoms with Crippen LogP contribution in [0.25, 0.3) is 0 Å². The predicted molar refractivity (Wildman–Crippen MR) is 141 cm³/mol. The Morgan fingerprint density at radius 2 is 1.83 bits per heavy atom. The van der Waals surface area contributed by atoms with Gasteiger partial charge in [0.25, 0.3) is 0 Å². The van der Waals surface area contributed by atoms with Crippen molar-refractivity contribution in [1.82, 2.24) is 9.97 Å². The zero-order valence-electron chi connectivity index (χ0n) is 20.8. The van der Waals surface area contributed by atoms with Gasteiger partial charge in [-0.15, -0.1) is 11.8 Å². The molecule has 0 spiro atoms. The first-order valence-electron chi connectivity index (χ1n) is 11.4. The lowest BCUT2D eigenvalue weighted by molar-refractivity contribution is 0.289. The summed E-state index contributed by atoms with van der Waals surface area (Å²) in [6.07, 6.45) is 4.20. The van der Waals surface area contributed by atoms with Crippen molar-refractivity contribution in [2.45, 2.75) is 50.2 Å². The molecular formula is C26H31FN4O2SSi. The molecule has 0 amide bonds. The van der Waals surface area contributed by atoms with Gasteiger partial charge in [-0.05, 0) is 67.0 Å². The van der Waals surface area contributed by atoms with Crippen LogP contribution in [0.5, 0.6) is 11.5 Å². The predicted octanol–water partition coefficient (Wildman–Crippen LogP) is 7.53. The van der Waals surface area contributed by atoms with E-state index in [2.05, 4.69) is 49.1 Å². The number of pyridine rings is 2. The second-order valence-corrected chi connectivity index (χ2v) is 15.5. The Hall–Kier alpha value is -2.93. The lowest BCUT2D eigenvalue weighted by Gasteiger charge is -2.36. The fourth-order valence-corrected chi connectivity index (χ4v) is 4.66. The van der Waals surface area contributed by atoms with E-state index in [1.165, 1.54) is 18.3 Å². The number of halogens is 1. The van der Waals surface area contributed by atoms with Crippen molar-refractivity contribution in [2.75, 3.05) is 17.7 Å². The Morgan fingerprint density at radius 3 is 2.46 bits per heavy atom. The molecule has 0 fully saturated rings. The minimum absolute atomic E-state index is 0.198. The topological polar surface area (TPSA) is 80.1 Å². The molecule has 0 aliphatic rings. The van der Waals surface area contributed by atoms with Gasteiger partial charge in [-0.25, -0.2) is 14.4 Å². The average Bonchev–Trinajstić information content (AvgIpc) is 2.81. The number of anilines is 2. The molecule has 0 aliphatic heterocycles. The van der Waals surface area contributed by atoms with Gasteiger partial charge in [-0.1, -0.05) is 20.8 Å². The first-order chi connectivity index (χ1) is 16.6. The Bertz CT molecular complexity index is 1160. The van der Waals surface area contributed by atoms with E-state index in [0.717, 1.165) is 23.7 Å². The Balaban J connectivity index is 1.69. The minimum Gasteiger partial charge on any atom is -0.453 e. The van der Waals surface area contributed by atoms with E-state index in [1.807, 2.05) is 12.1 Å². The third kappa shape index (κ3) is 7.78. The second kappa shape index (κ2) is 11.7. The van der Waals surface area contributed by atoms with E-state index < -0.39 is 8.32 Å². The number of nitrogens with zero attached hydrogens (tertiary/aromatic N) is 3. The summed E-state index contributed by atoms with van der Waals surface area (Å²) in [5.41, 5.74) is 0.468. The van der Waals surface area contributed by atoms with Crippen LogP contribution in [-0.4, -0.2) is 30.6 Å². The molecule has 9 heteroatoms. The van der Waals surface area contributed by atoms with Gasteiger partial charge >= 0.3 is 0 Å². The monoisotopic (exact) mass is 510 g/mol. The molecule has 1 N–H and O–H groups in total. The van der Waals surface area contributed by atoms with Crippen molar-refractivity contribution in [2.24, 2.45) is 0 Å². The zero-order chi connectivity index (χ0) is 25.5. The molecule has 3 aromatic rings. The summed E-state index contributed by atoms with van der Waals surface area (Å²) < 4.78 is 25.6. The lowest BCUT2D eigenvalue weighted by atomic mass is 10.2. The van der Waals surface area contributed by atoms with Gasteiger partial charge in [0.15, 0.2) is 19.9 Å². The van der Waals surface area contributed by atoms with Crippen molar-refractivity contribution < 1.29 is 13.6 Å². The van der Waals surface area contributed by atoms with Crippen LogP contribution in [0.2, 0.25) is 18.1 Å². The molecule has 0 bridgehead atoms. The summed E-state index contributed by atoms with van der Waals surface area (Å²) in [5, 5.41) is 12.3. The molecule has 0 unspecified atom stereocenters. The van der Waals surface area contributed by atoms with Gasteiger partial charge in [0.05, 0.1) is 5.56 Å². The molecule has 184 valence electrons. The lowest BCUT2D eigenvalue weighted by Crippen LogP contribution is -2.41. The zero-order valence-corrected chi connectivity index (χ0v) is 22.6. The smallest absolute Gasteiger partial charge is 0.191 e. The Labute approximate surface area is 212 Å². The van der Waals surface area contributed by atoms with Crippen molar-refractivity contribution in [3.8, 4) is 17.6 Å². The Morgan fingerprint density at radius 1 is 1.09 bits per heavy atom. The fraction of sp³-hybridized carbons (Fsp3) is 0.346. The van der Waals surface area contributed by atoms with Crippen LogP contribution in [-0.2, 0) is 4.43 Å². The average molecular weight is 511 g/mol. The third-order valence-electron chi connectivity index (χ3n) is 5.83. The van der Waals surface area contributed by atoms with Crippen LogP contribution >= 0.6 is 11.8 Å². The molecular weight excluding hydrogens is 479 g/mol. The normalized spacial score (nSPS) is 11.7. The summed E-state index contributed by atoms with van der Waals surface area (Å²) in [7, 11) is -1.74. The summed E-state index contributed by atoms with van der Waals surface area (Å²) in [6.45, 7) is 12.0. The van der Waals surface area contributed by atoms with Crippen LogP contribution in [0.4, 0.5) is 16.0 Å². The van der Waals surface area contributed by atoms with Gasteiger partial charge in [0.2, 0.25) is 0 Å². The molecule has 2 heterocycles. The van der Waals surface area contributed by atoms with E-state index in [1.54, 1.807) is 42.2 Å². The first-order valence-corrected chi connectivity index (χ1v) is 15.3. The maximum Gasteiger partial charge on any atom is 0.191 e. The highest BCUT2D eigenvalue weighted by Crippen LogP contribution is 2.37. The number of aromatic nitrogens is 2. The van der Waals surface area contributed by atoms with Crippen LogP contribution in [0.15, 0.2) is 59.8 Å². The highest BCUT2D eigenvalue weighted by molar-refractivity contribution is 7.99. The standard InChI is InChI=1S/C26H31FN4O2SSi/c1-26(2,3)35(4,5)32-13-6-14-34-22-15-23(33-21-10-8-20(27)9-11-21)25(30-18-22)31-24-12-7-19(16-28)17-29-24/h7-12,15,17-18H,6,13-14H2,1-5H3,(H,29,30,31). The molecule has 0 saturated carbocycles. The molecule has 35 heavy (non-hydrogen) atoms. The number of nitrogens with one attached hydrogen (secondary N) is 1. The molecule has 0 atom stereocenters. The second-order valence-electron chi connectivity index (χ2n) is 9.55. The minimum atomic E-state index is -1.74. The van der Waals surface area contributed by atoms with E-state index in [-0.39, 0.29) is 10.9 Å². The van der Waals surface area contributed by atoms with Gasteiger partial charge < -0.3 is 14.5 Å². The molecule has 6 nitrogen and oxygen atoms in total. The van der Waals surface area contributed by atoms with Gasteiger partial charge in [0.1, 0.15) is 23.5 Å². The number of rotatable bonds is 10. The number of ether oxygens (including phenoxy) is 1. The molecule has 0 aliphatic carbocycles. The highest BCUT2D eigenvalue weighted by atomic mass is 32.2. The number of thioether (sulfide) groups is 1. The summed E-state index contributed by atoms with van der Waals surface area (Å²) in [6, 6.07) is 13.2. The van der Waals surface area contributed by atoms with E-state index in [9.17, 15) is 4.39 Å². The van der Waals surface area contributed by atoms with Crippen molar-refractivity contribution >= 4 is 31.7 Å². The molecule has 0 radical (unpaired) electrons. The van der Waals surface area contributed by atoms with E-state index >= 15 is 0 Å². The molecule has 3 rings (SSSR count). The van der Waals surface area contributed by atoms with Gasteiger partial charge in [-0.2, -0.15) is 5.26 Å². The molecule has 1 aromatic carbocycles. The van der Waals surface area contributed by atoms with E-state index in [4.69, 9.17) is 14.4 Å². The number of nitriles is 1.